The summed E-state index contributed by atoms with van der Waals surface area (Å²) < 4.78 is 11.2. The number of furan rings is 1. The van der Waals surface area contributed by atoms with Crippen molar-refractivity contribution in [3.63, 3.8) is 0 Å². The maximum atomic E-state index is 6.33. The van der Waals surface area contributed by atoms with Gasteiger partial charge in [-0.05, 0) is 82.6 Å². The van der Waals surface area contributed by atoms with Gasteiger partial charge in [0.2, 0.25) is 0 Å². The Kier molecular flexibility index (Phi) is 5.38. The molecule has 3 heteroatoms. The van der Waals surface area contributed by atoms with Crippen LogP contribution >= 0.6 is 0 Å². The Morgan fingerprint density at radius 1 is 0.347 bits per heavy atom. The van der Waals surface area contributed by atoms with Crippen LogP contribution in [0, 0.1) is 0 Å². The summed E-state index contributed by atoms with van der Waals surface area (Å²) in [6, 6.07) is 61.3. The third kappa shape index (κ3) is 3.73. The van der Waals surface area contributed by atoms with Crippen LogP contribution in [0.1, 0.15) is 0 Å². The van der Waals surface area contributed by atoms with E-state index in [0.717, 1.165) is 33.3 Å². The van der Waals surface area contributed by atoms with Crippen molar-refractivity contribution in [2.75, 3.05) is 0 Å². The molecule has 0 saturated carbocycles. The molecular weight excluding hydrogens is 597 g/mol. The molecule has 3 heterocycles. The van der Waals surface area contributed by atoms with Gasteiger partial charge in [0, 0.05) is 32.6 Å². The average Bonchev–Trinajstić information content (AvgIpc) is 3.82. The molecule has 0 amide bonds. The topological polar surface area (TPSA) is 23.0 Å². The first-order valence-electron chi connectivity index (χ1n) is 16.8. The SMILES string of the molecule is c1ccc2cc(-c3ccc(-n4c5ccccc5c5c6c7ccccc7n(-c7cccc8oc9ccccc9c78)c6ccc54)cc3)ccc2c1. The van der Waals surface area contributed by atoms with E-state index in [1.54, 1.807) is 0 Å². The molecule has 0 radical (unpaired) electrons. The van der Waals surface area contributed by atoms with Crippen LogP contribution in [0.15, 0.2) is 174 Å². The summed E-state index contributed by atoms with van der Waals surface area (Å²) in [7, 11) is 0. The number of para-hydroxylation sites is 3. The molecule has 0 fully saturated rings. The minimum absolute atomic E-state index is 0.898. The highest BCUT2D eigenvalue weighted by Crippen LogP contribution is 2.44. The van der Waals surface area contributed by atoms with Gasteiger partial charge in [-0.2, -0.15) is 0 Å². The molecule has 3 nitrogen and oxygen atoms in total. The molecule has 0 N–H and O–H groups in total. The number of fused-ring (bicyclic) bond motifs is 11. The van der Waals surface area contributed by atoms with Crippen LogP contribution in [-0.2, 0) is 0 Å². The Morgan fingerprint density at radius 3 is 1.71 bits per heavy atom. The molecule has 11 aromatic rings. The normalized spacial score (nSPS) is 12.1. The molecule has 8 aromatic carbocycles. The number of hydrogen-bond acceptors (Lipinski definition) is 1. The Bertz CT molecular complexity index is 3100. The van der Waals surface area contributed by atoms with E-state index in [1.165, 1.54) is 65.5 Å². The van der Waals surface area contributed by atoms with E-state index < -0.39 is 0 Å². The van der Waals surface area contributed by atoms with Gasteiger partial charge in [0.15, 0.2) is 0 Å². The lowest BCUT2D eigenvalue weighted by Crippen LogP contribution is -1.95. The van der Waals surface area contributed by atoms with E-state index in [1.807, 2.05) is 6.07 Å². The quantitative estimate of drug-likeness (QED) is 0.192. The van der Waals surface area contributed by atoms with Crippen LogP contribution in [-0.4, -0.2) is 9.13 Å². The minimum Gasteiger partial charge on any atom is -0.456 e. The molecule has 0 aliphatic rings. The second-order valence-electron chi connectivity index (χ2n) is 12.9. The molecule has 0 atom stereocenters. The summed E-state index contributed by atoms with van der Waals surface area (Å²) in [4.78, 5) is 0. The van der Waals surface area contributed by atoms with Crippen LogP contribution in [0.25, 0.3) is 98.8 Å². The third-order valence-electron chi connectivity index (χ3n) is 10.3. The van der Waals surface area contributed by atoms with Crippen molar-refractivity contribution < 1.29 is 4.42 Å². The third-order valence-corrected chi connectivity index (χ3v) is 10.3. The highest BCUT2D eigenvalue weighted by atomic mass is 16.3. The molecule has 0 saturated heterocycles. The fourth-order valence-corrected chi connectivity index (χ4v) is 8.17. The molecule has 0 aliphatic heterocycles. The number of nitrogens with zero attached hydrogens (tertiary/aromatic N) is 2. The number of rotatable bonds is 3. The summed E-state index contributed by atoms with van der Waals surface area (Å²) in [5.41, 5.74) is 11.3. The smallest absolute Gasteiger partial charge is 0.137 e. The van der Waals surface area contributed by atoms with Crippen LogP contribution < -0.4 is 0 Å². The van der Waals surface area contributed by atoms with Gasteiger partial charge in [-0.25, -0.2) is 0 Å². The lowest BCUT2D eigenvalue weighted by atomic mass is 10.0. The van der Waals surface area contributed by atoms with Crippen LogP contribution in [0.3, 0.4) is 0 Å². The Morgan fingerprint density at radius 2 is 0.939 bits per heavy atom. The molecule has 0 bridgehead atoms. The maximum absolute atomic E-state index is 6.33. The van der Waals surface area contributed by atoms with Gasteiger partial charge in [0.05, 0.1) is 33.1 Å². The second-order valence-corrected chi connectivity index (χ2v) is 12.9. The van der Waals surface area contributed by atoms with Gasteiger partial charge < -0.3 is 13.6 Å². The zero-order chi connectivity index (χ0) is 32.1. The van der Waals surface area contributed by atoms with Gasteiger partial charge in [-0.3, -0.25) is 0 Å². The molecule has 0 aliphatic carbocycles. The van der Waals surface area contributed by atoms with Gasteiger partial charge in [-0.1, -0.05) is 109 Å². The zero-order valence-electron chi connectivity index (χ0n) is 26.5. The molecule has 228 valence electrons. The minimum atomic E-state index is 0.898. The highest BCUT2D eigenvalue weighted by Gasteiger charge is 2.22. The van der Waals surface area contributed by atoms with Crippen LogP contribution in [0.4, 0.5) is 0 Å². The van der Waals surface area contributed by atoms with E-state index in [-0.39, 0.29) is 0 Å². The van der Waals surface area contributed by atoms with E-state index in [9.17, 15) is 0 Å². The van der Waals surface area contributed by atoms with Crippen molar-refractivity contribution >= 4 is 76.3 Å². The van der Waals surface area contributed by atoms with Crippen molar-refractivity contribution in [2.45, 2.75) is 0 Å². The van der Waals surface area contributed by atoms with E-state index >= 15 is 0 Å². The highest BCUT2D eigenvalue weighted by molar-refractivity contribution is 6.29. The maximum Gasteiger partial charge on any atom is 0.137 e. The average molecular weight is 625 g/mol. The predicted octanol–water partition coefficient (Wildman–Crippen LogP) is 12.6. The van der Waals surface area contributed by atoms with Crippen molar-refractivity contribution in [1.29, 1.82) is 0 Å². The number of hydrogen-bond donors (Lipinski definition) is 0. The number of benzene rings is 8. The fraction of sp³-hybridized carbons (Fsp3) is 0. The first-order valence-corrected chi connectivity index (χ1v) is 16.8. The Hall–Kier alpha value is -6.58. The Labute approximate surface area is 281 Å². The van der Waals surface area contributed by atoms with Crippen molar-refractivity contribution in [3.05, 3.63) is 170 Å². The summed E-state index contributed by atoms with van der Waals surface area (Å²) in [5.74, 6) is 0. The van der Waals surface area contributed by atoms with Gasteiger partial charge in [-0.15, -0.1) is 0 Å². The molecule has 3 aromatic heterocycles. The monoisotopic (exact) mass is 624 g/mol. The summed E-state index contributed by atoms with van der Waals surface area (Å²) in [6.07, 6.45) is 0. The van der Waals surface area contributed by atoms with Gasteiger partial charge in [0.25, 0.3) is 0 Å². The zero-order valence-corrected chi connectivity index (χ0v) is 26.5. The van der Waals surface area contributed by atoms with Crippen LogP contribution in [0.2, 0.25) is 0 Å². The summed E-state index contributed by atoms with van der Waals surface area (Å²) in [5, 5.41) is 9.80. The van der Waals surface area contributed by atoms with Crippen LogP contribution in [0.5, 0.6) is 0 Å². The van der Waals surface area contributed by atoms with E-state index in [4.69, 9.17) is 4.42 Å². The lowest BCUT2D eigenvalue weighted by molar-refractivity contribution is 0.669. The summed E-state index contributed by atoms with van der Waals surface area (Å²) in [6.45, 7) is 0. The molecule has 49 heavy (non-hydrogen) atoms. The fourth-order valence-electron chi connectivity index (χ4n) is 8.17. The van der Waals surface area contributed by atoms with E-state index in [0.29, 0.717) is 0 Å². The predicted molar refractivity (Wildman–Crippen MR) is 205 cm³/mol. The lowest BCUT2D eigenvalue weighted by Gasteiger charge is -2.11. The molecule has 11 rings (SSSR count). The standard InChI is InChI=1S/C46H28N2O/c1-2-11-31-28-32(21-20-29(31)10-1)30-22-24-33(25-23-30)47-37-15-6-3-12-34(37)45-40(47)26-27-41-46(45)35-13-4-7-16-38(35)48(41)39-17-9-19-43-44(39)36-14-5-8-18-42(36)49-43/h1-28H. The second kappa shape index (κ2) is 9.96. The Balaban J connectivity index is 1.18. The van der Waals surface area contributed by atoms with Crippen molar-refractivity contribution in [1.82, 2.24) is 9.13 Å². The largest absolute Gasteiger partial charge is 0.456 e. The molecule has 0 unspecified atom stereocenters. The van der Waals surface area contributed by atoms with Crippen molar-refractivity contribution in [3.8, 4) is 22.5 Å². The van der Waals surface area contributed by atoms with Gasteiger partial charge >= 0.3 is 0 Å². The number of aromatic nitrogens is 2. The van der Waals surface area contributed by atoms with E-state index in [2.05, 4.69) is 173 Å². The summed E-state index contributed by atoms with van der Waals surface area (Å²) >= 11 is 0. The molecule has 0 spiro atoms. The first kappa shape index (κ1) is 26.5. The van der Waals surface area contributed by atoms with Gasteiger partial charge in [0.1, 0.15) is 11.2 Å². The van der Waals surface area contributed by atoms with Crippen molar-refractivity contribution in [2.24, 2.45) is 0 Å². The first-order chi connectivity index (χ1) is 24.3. The molecular formula is C46H28N2O.